The predicted octanol–water partition coefficient (Wildman–Crippen LogP) is 3.85. The Labute approximate surface area is 146 Å². The van der Waals surface area contributed by atoms with Gasteiger partial charge in [-0.05, 0) is 42.0 Å². The number of carbonyl (C=O) groups excluding carboxylic acids is 2. The van der Waals surface area contributed by atoms with Crippen LogP contribution < -0.4 is 10.1 Å². The van der Waals surface area contributed by atoms with Crippen LogP contribution in [0.15, 0.2) is 66.7 Å². The summed E-state index contributed by atoms with van der Waals surface area (Å²) in [7, 11) is 0. The van der Waals surface area contributed by atoms with Gasteiger partial charge in [-0.15, -0.1) is 0 Å². The molecule has 0 spiro atoms. The zero-order valence-corrected chi connectivity index (χ0v) is 14.0. The first-order valence-electron chi connectivity index (χ1n) is 8.14. The summed E-state index contributed by atoms with van der Waals surface area (Å²) >= 11 is 0. The molecule has 0 bridgehead atoms. The molecule has 3 aromatic rings. The molecule has 126 valence electrons. The Bertz CT molecular complexity index is 900. The minimum atomic E-state index is -0.183. The second kappa shape index (κ2) is 7.62. The summed E-state index contributed by atoms with van der Waals surface area (Å²) in [5.41, 5.74) is 1.12. The average molecular weight is 333 g/mol. The highest BCUT2D eigenvalue weighted by atomic mass is 16.5. The van der Waals surface area contributed by atoms with E-state index in [1.165, 1.54) is 6.92 Å². The van der Waals surface area contributed by atoms with Gasteiger partial charge in [0.05, 0.1) is 6.54 Å². The molecule has 1 amide bonds. The number of fused-ring (bicyclic) bond motifs is 1. The highest BCUT2D eigenvalue weighted by Crippen LogP contribution is 2.20. The van der Waals surface area contributed by atoms with Gasteiger partial charge in [-0.25, -0.2) is 0 Å². The number of hydrogen-bond donors (Lipinski definition) is 1. The number of carbonyl (C=O) groups is 2. The molecule has 0 saturated carbocycles. The number of Topliss-reactive ketones (excluding diaryl/α,β-unsaturated/α-hetero) is 1. The van der Waals surface area contributed by atoms with E-state index in [9.17, 15) is 9.59 Å². The third-order valence-corrected chi connectivity index (χ3v) is 3.93. The molecule has 3 rings (SSSR count). The van der Waals surface area contributed by atoms with Crippen molar-refractivity contribution in [3.63, 3.8) is 0 Å². The van der Waals surface area contributed by atoms with Crippen LogP contribution in [0.3, 0.4) is 0 Å². The first kappa shape index (κ1) is 16.7. The van der Waals surface area contributed by atoms with Gasteiger partial charge in [0.15, 0.2) is 5.78 Å². The van der Waals surface area contributed by atoms with Gasteiger partial charge in [0.1, 0.15) is 12.4 Å². The number of rotatable bonds is 6. The highest BCUT2D eigenvalue weighted by molar-refractivity contribution is 5.97. The maximum absolute atomic E-state index is 12.1. The van der Waals surface area contributed by atoms with Crippen molar-refractivity contribution >= 4 is 22.5 Å². The summed E-state index contributed by atoms with van der Waals surface area (Å²) in [6, 6.07) is 20.6. The van der Waals surface area contributed by atoms with Crippen LogP contribution >= 0.6 is 0 Å². The summed E-state index contributed by atoms with van der Waals surface area (Å²) in [5.74, 6) is 0.576. The van der Waals surface area contributed by atoms with Gasteiger partial charge in [0.2, 0.25) is 0 Å². The summed E-state index contributed by atoms with van der Waals surface area (Å²) < 4.78 is 5.69. The van der Waals surface area contributed by atoms with Gasteiger partial charge in [-0.2, -0.15) is 0 Å². The Morgan fingerprint density at radius 3 is 2.28 bits per heavy atom. The summed E-state index contributed by atoms with van der Waals surface area (Å²) in [6.07, 6.45) is 0. The molecule has 0 aliphatic rings. The first-order chi connectivity index (χ1) is 12.1. The van der Waals surface area contributed by atoms with Gasteiger partial charge >= 0.3 is 0 Å². The minimum Gasteiger partial charge on any atom is -0.492 e. The molecule has 0 fully saturated rings. The van der Waals surface area contributed by atoms with Crippen LogP contribution in [-0.2, 0) is 0 Å². The number of hydrogen-bond acceptors (Lipinski definition) is 3. The number of nitrogens with one attached hydrogen (secondary N) is 1. The van der Waals surface area contributed by atoms with Crippen LogP contribution in [0, 0.1) is 0 Å². The van der Waals surface area contributed by atoms with Crippen molar-refractivity contribution in [1.82, 2.24) is 5.32 Å². The maximum atomic E-state index is 12.1. The van der Waals surface area contributed by atoms with E-state index in [1.807, 2.05) is 36.4 Å². The van der Waals surface area contributed by atoms with Crippen molar-refractivity contribution in [3.8, 4) is 5.75 Å². The van der Waals surface area contributed by atoms with Crippen molar-refractivity contribution < 1.29 is 14.3 Å². The zero-order chi connectivity index (χ0) is 17.6. The Morgan fingerprint density at radius 1 is 0.880 bits per heavy atom. The highest BCUT2D eigenvalue weighted by Gasteiger charge is 2.06. The first-order valence-corrected chi connectivity index (χ1v) is 8.14. The fourth-order valence-electron chi connectivity index (χ4n) is 2.55. The lowest BCUT2D eigenvalue weighted by atomic mass is 10.1. The van der Waals surface area contributed by atoms with Crippen LogP contribution in [0.5, 0.6) is 5.75 Å². The summed E-state index contributed by atoms with van der Waals surface area (Å²) in [5, 5.41) is 5.09. The molecule has 0 atom stereocenters. The lowest BCUT2D eigenvalue weighted by Crippen LogP contribution is -2.28. The molecular formula is C21H19NO3. The standard InChI is InChI=1S/C21H19NO3/c1-15(23)16-6-8-18(9-7-16)21(24)22-12-13-25-20-11-10-17-4-2-3-5-19(17)14-20/h2-11,14H,12-13H2,1H3,(H,22,24). The van der Waals surface area contributed by atoms with Crippen LogP contribution in [0.2, 0.25) is 0 Å². The topological polar surface area (TPSA) is 55.4 Å². The van der Waals surface area contributed by atoms with Gasteiger partial charge in [0, 0.05) is 11.1 Å². The van der Waals surface area contributed by atoms with Crippen LogP contribution in [-0.4, -0.2) is 24.8 Å². The second-order valence-corrected chi connectivity index (χ2v) is 5.75. The molecule has 25 heavy (non-hydrogen) atoms. The normalized spacial score (nSPS) is 10.4. The van der Waals surface area contributed by atoms with Crippen molar-refractivity contribution in [3.05, 3.63) is 77.9 Å². The fraction of sp³-hybridized carbons (Fsp3) is 0.143. The molecule has 0 saturated heterocycles. The molecule has 0 radical (unpaired) electrons. The SMILES string of the molecule is CC(=O)c1ccc(C(=O)NCCOc2ccc3ccccc3c2)cc1. The maximum Gasteiger partial charge on any atom is 0.251 e. The number of amides is 1. The summed E-state index contributed by atoms with van der Waals surface area (Å²) in [4.78, 5) is 23.3. The zero-order valence-electron chi connectivity index (χ0n) is 14.0. The monoisotopic (exact) mass is 333 g/mol. The fourth-order valence-corrected chi connectivity index (χ4v) is 2.55. The van der Waals surface area contributed by atoms with Crippen molar-refractivity contribution in [2.24, 2.45) is 0 Å². The van der Waals surface area contributed by atoms with Crippen LogP contribution in [0.1, 0.15) is 27.6 Å². The van der Waals surface area contributed by atoms with Gasteiger partial charge in [-0.3, -0.25) is 9.59 Å². The van der Waals surface area contributed by atoms with E-state index in [2.05, 4.69) is 11.4 Å². The molecular weight excluding hydrogens is 314 g/mol. The molecule has 4 nitrogen and oxygen atoms in total. The molecule has 4 heteroatoms. The predicted molar refractivity (Wildman–Crippen MR) is 98.2 cm³/mol. The molecule has 0 unspecified atom stereocenters. The van der Waals surface area contributed by atoms with E-state index in [4.69, 9.17) is 4.74 Å². The van der Waals surface area contributed by atoms with Crippen molar-refractivity contribution in [2.45, 2.75) is 6.92 Å². The second-order valence-electron chi connectivity index (χ2n) is 5.75. The van der Waals surface area contributed by atoms with Crippen LogP contribution in [0.25, 0.3) is 10.8 Å². The average Bonchev–Trinajstić information content (AvgIpc) is 2.65. The minimum absolute atomic E-state index is 0.0178. The van der Waals surface area contributed by atoms with Crippen molar-refractivity contribution in [2.75, 3.05) is 13.2 Å². The molecule has 0 aliphatic heterocycles. The molecule has 0 heterocycles. The van der Waals surface area contributed by atoms with E-state index < -0.39 is 0 Å². The Kier molecular flexibility index (Phi) is 5.09. The van der Waals surface area contributed by atoms with E-state index in [0.717, 1.165) is 16.5 Å². The van der Waals surface area contributed by atoms with Crippen molar-refractivity contribution in [1.29, 1.82) is 0 Å². The summed E-state index contributed by atoms with van der Waals surface area (Å²) in [6.45, 7) is 2.29. The number of ether oxygens (including phenoxy) is 1. The third kappa shape index (κ3) is 4.23. The Hall–Kier alpha value is -3.14. The van der Waals surface area contributed by atoms with Gasteiger partial charge in [-0.1, -0.05) is 42.5 Å². The number of benzene rings is 3. The van der Waals surface area contributed by atoms with E-state index in [-0.39, 0.29) is 11.7 Å². The quantitative estimate of drug-likeness (QED) is 0.551. The van der Waals surface area contributed by atoms with Gasteiger partial charge < -0.3 is 10.1 Å². The smallest absolute Gasteiger partial charge is 0.251 e. The molecule has 0 aromatic heterocycles. The Balaban J connectivity index is 1.50. The molecule has 0 aliphatic carbocycles. The van der Waals surface area contributed by atoms with Crippen LogP contribution in [0.4, 0.5) is 0 Å². The molecule has 3 aromatic carbocycles. The Morgan fingerprint density at radius 2 is 1.56 bits per heavy atom. The lowest BCUT2D eigenvalue weighted by molar-refractivity contribution is 0.0945. The lowest BCUT2D eigenvalue weighted by Gasteiger charge is -2.09. The van der Waals surface area contributed by atoms with E-state index >= 15 is 0 Å². The van der Waals surface area contributed by atoms with E-state index in [0.29, 0.717) is 24.3 Å². The largest absolute Gasteiger partial charge is 0.492 e. The third-order valence-electron chi connectivity index (χ3n) is 3.93. The molecule has 1 N–H and O–H groups in total. The van der Waals surface area contributed by atoms with E-state index in [1.54, 1.807) is 24.3 Å². The number of ketones is 1. The van der Waals surface area contributed by atoms with Gasteiger partial charge in [0.25, 0.3) is 5.91 Å².